The summed E-state index contributed by atoms with van der Waals surface area (Å²) in [5.74, 6) is 1.02. The number of aryl methyl sites for hydroxylation is 1. The van der Waals surface area contributed by atoms with E-state index in [1.807, 2.05) is 6.92 Å². The number of anilines is 1. The van der Waals surface area contributed by atoms with Crippen molar-refractivity contribution in [3.8, 4) is 0 Å². The van der Waals surface area contributed by atoms with Gasteiger partial charge in [-0.3, -0.25) is 0 Å². The van der Waals surface area contributed by atoms with Gasteiger partial charge in [0.15, 0.2) is 0 Å². The molecule has 1 unspecified atom stereocenters. The normalized spacial score (nSPS) is 17.4. The minimum absolute atomic E-state index is 0.433. The predicted molar refractivity (Wildman–Crippen MR) is 64.8 cm³/mol. The lowest BCUT2D eigenvalue weighted by Crippen LogP contribution is -2.13. The molecule has 0 amide bonds. The molecule has 1 heterocycles. The van der Waals surface area contributed by atoms with Crippen LogP contribution in [-0.4, -0.2) is 29.3 Å². The first-order valence-electron chi connectivity index (χ1n) is 6.01. The highest BCUT2D eigenvalue weighted by Crippen LogP contribution is 2.26. The number of hydrogen-bond donors (Lipinski definition) is 1. The molecule has 0 saturated heterocycles. The molecule has 0 aromatic carbocycles. The van der Waals surface area contributed by atoms with Crippen LogP contribution >= 0.6 is 0 Å². The van der Waals surface area contributed by atoms with Gasteiger partial charge in [0.25, 0.3) is 0 Å². The molecule has 1 aromatic rings. The van der Waals surface area contributed by atoms with E-state index >= 15 is 0 Å². The predicted octanol–water partition coefficient (Wildman–Crippen LogP) is 2.36. The Morgan fingerprint density at radius 1 is 1.62 bits per heavy atom. The van der Waals surface area contributed by atoms with Gasteiger partial charge >= 0.3 is 0 Å². The van der Waals surface area contributed by atoms with Crippen molar-refractivity contribution in [2.45, 2.75) is 45.2 Å². The molecular weight excluding hydrogens is 202 g/mol. The number of nitrogens with one attached hydrogen (secondary N) is 1. The van der Waals surface area contributed by atoms with E-state index in [0.29, 0.717) is 12.1 Å². The van der Waals surface area contributed by atoms with E-state index < -0.39 is 0 Å². The van der Waals surface area contributed by atoms with Crippen LogP contribution in [0.25, 0.3) is 0 Å². The lowest BCUT2D eigenvalue weighted by Gasteiger charge is -2.16. The van der Waals surface area contributed by atoms with Gasteiger partial charge in [-0.25, -0.2) is 4.98 Å². The van der Waals surface area contributed by atoms with Crippen LogP contribution in [0.2, 0.25) is 0 Å². The number of methoxy groups -OCH3 is 1. The highest BCUT2D eigenvalue weighted by atomic mass is 16.5. The Hall–Kier alpha value is -1.03. The van der Waals surface area contributed by atoms with Crippen LogP contribution in [0.15, 0.2) is 6.20 Å². The molecular formula is C12H21N3O. The van der Waals surface area contributed by atoms with Crippen LogP contribution in [0, 0.1) is 6.92 Å². The Labute approximate surface area is 97.0 Å². The molecule has 0 spiro atoms. The Morgan fingerprint density at radius 2 is 2.38 bits per heavy atom. The Kier molecular flexibility index (Phi) is 3.49. The van der Waals surface area contributed by atoms with Crippen molar-refractivity contribution < 1.29 is 4.74 Å². The molecule has 1 atom stereocenters. The standard InChI is InChI=1S/C12H21N3O/c1-9-8-15(10(2)6-7-16-3)12(13-9)14-11-4-5-11/h8,10-11H,4-7H2,1-3H3,(H,13,14). The van der Waals surface area contributed by atoms with E-state index in [1.54, 1.807) is 7.11 Å². The average molecular weight is 223 g/mol. The van der Waals surface area contributed by atoms with Gasteiger partial charge in [-0.1, -0.05) is 0 Å². The monoisotopic (exact) mass is 223 g/mol. The van der Waals surface area contributed by atoms with Gasteiger partial charge in [0.05, 0.1) is 5.69 Å². The van der Waals surface area contributed by atoms with Crippen molar-refractivity contribution in [2.75, 3.05) is 19.0 Å². The highest BCUT2D eigenvalue weighted by molar-refractivity contribution is 5.32. The van der Waals surface area contributed by atoms with Gasteiger partial charge in [-0.2, -0.15) is 0 Å². The second-order valence-corrected chi connectivity index (χ2v) is 4.66. The average Bonchev–Trinajstić information content (AvgIpc) is 2.98. The lowest BCUT2D eigenvalue weighted by molar-refractivity contribution is 0.181. The van der Waals surface area contributed by atoms with Crippen LogP contribution in [0.3, 0.4) is 0 Å². The third-order valence-electron chi connectivity index (χ3n) is 2.98. The molecule has 2 rings (SSSR count). The summed E-state index contributed by atoms with van der Waals surface area (Å²) in [5.41, 5.74) is 1.08. The molecule has 1 aliphatic rings. The van der Waals surface area contributed by atoms with E-state index in [-0.39, 0.29) is 0 Å². The molecule has 90 valence electrons. The number of rotatable bonds is 6. The Morgan fingerprint density at radius 3 is 3.00 bits per heavy atom. The first-order valence-corrected chi connectivity index (χ1v) is 6.01. The maximum absolute atomic E-state index is 5.12. The van der Waals surface area contributed by atoms with Crippen molar-refractivity contribution in [3.63, 3.8) is 0 Å². The van der Waals surface area contributed by atoms with Crippen LogP contribution in [-0.2, 0) is 4.74 Å². The van der Waals surface area contributed by atoms with Crippen molar-refractivity contribution in [2.24, 2.45) is 0 Å². The topological polar surface area (TPSA) is 39.1 Å². The van der Waals surface area contributed by atoms with Crippen molar-refractivity contribution in [3.05, 3.63) is 11.9 Å². The Balaban J connectivity index is 2.04. The fourth-order valence-electron chi connectivity index (χ4n) is 1.80. The van der Waals surface area contributed by atoms with Gasteiger partial charge in [-0.05, 0) is 33.1 Å². The third kappa shape index (κ3) is 2.76. The van der Waals surface area contributed by atoms with Gasteiger partial charge in [0, 0.05) is 32.0 Å². The lowest BCUT2D eigenvalue weighted by atomic mass is 10.2. The first-order chi connectivity index (χ1) is 7.70. The molecule has 1 saturated carbocycles. The summed E-state index contributed by atoms with van der Waals surface area (Å²) < 4.78 is 7.35. The minimum atomic E-state index is 0.433. The number of aromatic nitrogens is 2. The molecule has 0 aliphatic heterocycles. The second kappa shape index (κ2) is 4.87. The summed E-state index contributed by atoms with van der Waals surface area (Å²) in [6.45, 7) is 5.04. The summed E-state index contributed by atoms with van der Waals surface area (Å²) in [7, 11) is 1.75. The zero-order chi connectivity index (χ0) is 11.5. The van der Waals surface area contributed by atoms with Crippen LogP contribution in [0.1, 0.15) is 37.9 Å². The van der Waals surface area contributed by atoms with E-state index in [2.05, 4.69) is 28.0 Å². The maximum Gasteiger partial charge on any atom is 0.203 e. The van der Waals surface area contributed by atoms with Crippen LogP contribution in [0.4, 0.5) is 5.95 Å². The van der Waals surface area contributed by atoms with E-state index in [4.69, 9.17) is 4.74 Å². The third-order valence-corrected chi connectivity index (χ3v) is 2.98. The van der Waals surface area contributed by atoms with E-state index in [0.717, 1.165) is 24.7 Å². The van der Waals surface area contributed by atoms with Gasteiger partial charge in [0.1, 0.15) is 0 Å². The zero-order valence-corrected chi connectivity index (χ0v) is 10.4. The summed E-state index contributed by atoms with van der Waals surface area (Å²) in [5, 5.41) is 3.47. The maximum atomic E-state index is 5.12. The molecule has 1 fully saturated rings. The molecule has 4 nitrogen and oxygen atoms in total. The first kappa shape index (κ1) is 11.5. The number of imidazole rings is 1. The Bertz CT molecular complexity index is 344. The van der Waals surface area contributed by atoms with Crippen LogP contribution < -0.4 is 5.32 Å². The van der Waals surface area contributed by atoms with Gasteiger partial charge < -0.3 is 14.6 Å². The molecule has 1 aliphatic carbocycles. The molecule has 0 radical (unpaired) electrons. The number of nitrogens with zero attached hydrogens (tertiary/aromatic N) is 2. The minimum Gasteiger partial charge on any atom is -0.385 e. The summed E-state index contributed by atoms with van der Waals surface area (Å²) in [6, 6.07) is 1.08. The van der Waals surface area contributed by atoms with E-state index in [9.17, 15) is 0 Å². The summed E-state index contributed by atoms with van der Waals surface area (Å²) in [6.07, 6.45) is 5.69. The smallest absolute Gasteiger partial charge is 0.203 e. The van der Waals surface area contributed by atoms with Crippen molar-refractivity contribution >= 4 is 5.95 Å². The van der Waals surface area contributed by atoms with Gasteiger partial charge in [0.2, 0.25) is 5.95 Å². The fourth-order valence-corrected chi connectivity index (χ4v) is 1.80. The molecule has 1 N–H and O–H groups in total. The molecule has 1 aromatic heterocycles. The summed E-state index contributed by atoms with van der Waals surface area (Å²) in [4.78, 5) is 4.53. The molecule has 16 heavy (non-hydrogen) atoms. The fraction of sp³-hybridized carbons (Fsp3) is 0.750. The van der Waals surface area contributed by atoms with E-state index in [1.165, 1.54) is 12.8 Å². The highest BCUT2D eigenvalue weighted by Gasteiger charge is 2.23. The van der Waals surface area contributed by atoms with Crippen molar-refractivity contribution in [1.82, 2.24) is 9.55 Å². The van der Waals surface area contributed by atoms with Crippen LogP contribution in [0.5, 0.6) is 0 Å². The quantitative estimate of drug-likeness (QED) is 0.804. The van der Waals surface area contributed by atoms with Gasteiger partial charge in [-0.15, -0.1) is 0 Å². The van der Waals surface area contributed by atoms with Crippen molar-refractivity contribution in [1.29, 1.82) is 0 Å². The second-order valence-electron chi connectivity index (χ2n) is 4.66. The molecule has 0 bridgehead atoms. The summed E-state index contributed by atoms with van der Waals surface area (Å²) >= 11 is 0. The number of ether oxygens (including phenoxy) is 1. The molecule has 4 heteroatoms. The number of hydrogen-bond acceptors (Lipinski definition) is 3. The zero-order valence-electron chi connectivity index (χ0n) is 10.4. The SMILES string of the molecule is COCCC(C)n1cc(C)nc1NC1CC1. The largest absolute Gasteiger partial charge is 0.385 e.